The Morgan fingerprint density at radius 2 is 2.00 bits per heavy atom. The molecule has 1 aromatic carbocycles. The topological polar surface area (TPSA) is 63.9 Å². The van der Waals surface area contributed by atoms with Crippen LogP contribution < -0.4 is 14.8 Å². The zero-order valence-electron chi connectivity index (χ0n) is 14.2. The van der Waals surface area contributed by atoms with Crippen LogP contribution in [-0.2, 0) is 13.1 Å². The van der Waals surface area contributed by atoms with Gasteiger partial charge >= 0.3 is 6.03 Å². The SMILES string of the molecule is Cc1ccc(CN(C(=O)NCc2ccc3c(c2)OCO3)C(C)C)o1. The highest BCUT2D eigenvalue weighted by atomic mass is 16.7. The van der Waals surface area contributed by atoms with E-state index in [2.05, 4.69) is 5.32 Å². The highest BCUT2D eigenvalue weighted by Gasteiger charge is 2.19. The summed E-state index contributed by atoms with van der Waals surface area (Å²) < 4.78 is 16.2. The van der Waals surface area contributed by atoms with Gasteiger partial charge in [-0.15, -0.1) is 0 Å². The fourth-order valence-electron chi connectivity index (χ4n) is 2.56. The molecule has 0 bridgehead atoms. The molecule has 0 aliphatic carbocycles. The minimum absolute atomic E-state index is 0.0622. The summed E-state index contributed by atoms with van der Waals surface area (Å²) in [5.74, 6) is 3.07. The fourth-order valence-corrected chi connectivity index (χ4v) is 2.56. The van der Waals surface area contributed by atoms with Crippen LogP contribution in [0.25, 0.3) is 0 Å². The number of nitrogens with one attached hydrogen (secondary N) is 1. The normalized spacial score (nSPS) is 12.5. The first-order valence-corrected chi connectivity index (χ1v) is 8.01. The average molecular weight is 330 g/mol. The highest BCUT2D eigenvalue weighted by Crippen LogP contribution is 2.32. The van der Waals surface area contributed by atoms with Crippen LogP contribution in [0.3, 0.4) is 0 Å². The fraction of sp³-hybridized carbons (Fsp3) is 0.389. The van der Waals surface area contributed by atoms with Crippen molar-refractivity contribution in [3.63, 3.8) is 0 Å². The van der Waals surface area contributed by atoms with Gasteiger partial charge in [-0.25, -0.2) is 4.79 Å². The number of fused-ring (bicyclic) bond motifs is 1. The van der Waals surface area contributed by atoms with E-state index in [9.17, 15) is 4.79 Å². The Labute approximate surface area is 141 Å². The lowest BCUT2D eigenvalue weighted by atomic mass is 10.2. The van der Waals surface area contributed by atoms with Gasteiger partial charge < -0.3 is 24.1 Å². The van der Waals surface area contributed by atoms with Crippen LogP contribution in [0.5, 0.6) is 11.5 Å². The number of carbonyl (C=O) groups excluding carboxylic acids is 1. The van der Waals surface area contributed by atoms with E-state index in [-0.39, 0.29) is 18.9 Å². The summed E-state index contributed by atoms with van der Waals surface area (Å²) in [6.45, 7) is 6.97. The molecular formula is C18H22N2O4. The first-order chi connectivity index (χ1) is 11.5. The van der Waals surface area contributed by atoms with Crippen molar-refractivity contribution < 1.29 is 18.7 Å². The molecule has 0 saturated heterocycles. The summed E-state index contributed by atoms with van der Waals surface area (Å²) in [7, 11) is 0. The summed E-state index contributed by atoms with van der Waals surface area (Å²) in [5, 5.41) is 2.95. The Hall–Kier alpha value is -2.63. The predicted octanol–water partition coefficient (Wildman–Crippen LogP) is 3.44. The number of benzene rings is 1. The lowest BCUT2D eigenvalue weighted by molar-refractivity contribution is 0.172. The molecule has 0 saturated carbocycles. The second kappa shape index (κ2) is 6.86. The maximum atomic E-state index is 12.5. The number of urea groups is 1. The molecule has 1 N–H and O–H groups in total. The van der Waals surface area contributed by atoms with Crippen molar-refractivity contribution in [2.45, 2.75) is 39.9 Å². The van der Waals surface area contributed by atoms with E-state index in [1.165, 1.54) is 0 Å². The zero-order chi connectivity index (χ0) is 17.1. The molecular weight excluding hydrogens is 308 g/mol. The summed E-state index contributed by atoms with van der Waals surface area (Å²) in [5.41, 5.74) is 0.963. The van der Waals surface area contributed by atoms with Crippen LogP contribution in [0.1, 0.15) is 30.9 Å². The van der Waals surface area contributed by atoms with E-state index in [4.69, 9.17) is 13.9 Å². The lowest BCUT2D eigenvalue weighted by Gasteiger charge is -2.26. The molecule has 3 rings (SSSR count). The number of furan rings is 1. The van der Waals surface area contributed by atoms with Gasteiger partial charge in [0.2, 0.25) is 6.79 Å². The van der Waals surface area contributed by atoms with Crippen molar-refractivity contribution in [1.29, 1.82) is 0 Å². The van der Waals surface area contributed by atoms with Crippen LogP contribution in [-0.4, -0.2) is 23.8 Å². The Balaban J connectivity index is 1.61. The molecule has 2 amide bonds. The number of nitrogens with zero attached hydrogens (tertiary/aromatic N) is 1. The molecule has 6 nitrogen and oxygen atoms in total. The Bertz CT molecular complexity index is 724. The van der Waals surface area contributed by atoms with E-state index < -0.39 is 0 Å². The summed E-state index contributed by atoms with van der Waals surface area (Å²) in [6, 6.07) is 9.40. The van der Waals surface area contributed by atoms with Crippen LogP contribution in [0.2, 0.25) is 0 Å². The van der Waals surface area contributed by atoms with Gasteiger partial charge in [0.15, 0.2) is 11.5 Å². The largest absolute Gasteiger partial charge is 0.464 e. The van der Waals surface area contributed by atoms with Crippen molar-refractivity contribution in [1.82, 2.24) is 10.2 Å². The number of hydrogen-bond acceptors (Lipinski definition) is 4. The number of carbonyl (C=O) groups is 1. The molecule has 2 heterocycles. The first-order valence-electron chi connectivity index (χ1n) is 8.01. The number of hydrogen-bond donors (Lipinski definition) is 1. The summed E-state index contributed by atoms with van der Waals surface area (Å²) in [6.07, 6.45) is 0. The molecule has 0 atom stereocenters. The molecule has 128 valence electrons. The molecule has 0 spiro atoms. The zero-order valence-corrected chi connectivity index (χ0v) is 14.2. The Kier molecular flexibility index (Phi) is 4.64. The van der Waals surface area contributed by atoms with Crippen molar-refractivity contribution in [3.05, 3.63) is 47.4 Å². The second-order valence-electron chi connectivity index (χ2n) is 6.08. The van der Waals surface area contributed by atoms with Gasteiger partial charge in [0.1, 0.15) is 11.5 Å². The molecule has 2 aromatic rings. The standard InChI is InChI=1S/C18H22N2O4/c1-12(2)20(10-15-6-4-13(3)24-15)18(21)19-9-14-5-7-16-17(8-14)23-11-22-16/h4-8,12H,9-11H2,1-3H3,(H,19,21). The van der Waals surface area contributed by atoms with Gasteiger partial charge in [-0.3, -0.25) is 0 Å². The number of aryl methyl sites for hydroxylation is 1. The van der Waals surface area contributed by atoms with E-state index >= 15 is 0 Å². The predicted molar refractivity (Wildman–Crippen MR) is 88.9 cm³/mol. The van der Waals surface area contributed by atoms with Crippen LogP contribution >= 0.6 is 0 Å². The van der Waals surface area contributed by atoms with Gasteiger partial charge in [0.05, 0.1) is 6.54 Å². The first kappa shape index (κ1) is 16.2. The van der Waals surface area contributed by atoms with E-state index in [1.807, 2.05) is 51.1 Å². The molecule has 0 unspecified atom stereocenters. The van der Waals surface area contributed by atoms with Crippen molar-refractivity contribution in [3.8, 4) is 11.5 Å². The second-order valence-corrected chi connectivity index (χ2v) is 6.08. The average Bonchev–Trinajstić information content (AvgIpc) is 3.18. The number of amides is 2. The lowest BCUT2D eigenvalue weighted by Crippen LogP contribution is -2.43. The third kappa shape index (κ3) is 3.64. The molecule has 1 aliphatic heterocycles. The summed E-state index contributed by atoms with van der Waals surface area (Å²) in [4.78, 5) is 14.3. The van der Waals surface area contributed by atoms with Crippen LogP contribution in [0.15, 0.2) is 34.7 Å². The van der Waals surface area contributed by atoms with Crippen molar-refractivity contribution >= 4 is 6.03 Å². The van der Waals surface area contributed by atoms with Gasteiger partial charge in [-0.1, -0.05) is 6.07 Å². The van der Waals surface area contributed by atoms with Gasteiger partial charge in [0.25, 0.3) is 0 Å². The maximum absolute atomic E-state index is 12.5. The van der Waals surface area contributed by atoms with E-state index in [0.29, 0.717) is 18.8 Å². The highest BCUT2D eigenvalue weighted by molar-refractivity contribution is 5.74. The molecule has 0 radical (unpaired) electrons. The number of ether oxygens (including phenoxy) is 2. The minimum Gasteiger partial charge on any atom is -0.464 e. The molecule has 6 heteroatoms. The summed E-state index contributed by atoms with van der Waals surface area (Å²) >= 11 is 0. The molecule has 1 aliphatic rings. The van der Waals surface area contributed by atoms with Gasteiger partial charge in [-0.2, -0.15) is 0 Å². The Morgan fingerprint density at radius 1 is 1.21 bits per heavy atom. The monoisotopic (exact) mass is 330 g/mol. The maximum Gasteiger partial charge on any atom is 0.318 e. The quantitative estimate of drug-likeness (QED) is 0.912. The van der Waals surface area contributed by atoms with E-state index in [0.717, 1.165) is 22.8 Å². The third-order valence-electron chi connectivity index (χ3n) is 3.89. The van der Waals surface area contributed by atoms with Crippen molar-refractivity contribution in [2.24, 2.45) is 0 Å². The van der Waals surface area contributed by atoms with Gasteiger partial charge in [0, 0.05) is 12.6 Å². The van der Waals surface area contributed by atoms with Crippen LogP contribution in [0.4, 0.5) is 4.79 Å². The molecule has 0 fully saturated rings. The molecule has 24 heavy (non-hydrogen) atoms. The number of rotatable bonds is 5. The van der Waals surface area contributed by atoms with Crippen molar-refractivity contribution in [2.75, 3.05) is 6.79 Å². The minimum atomic E-state index is -0.128. The van der Waals surface area contributed by atoms with E-state index in [1.54, 1.807) is 4.90 Å². The Morgan fingerprint density at radius 3 is 2.71 bits per heavy atom. The van der Waals surface area contributed by atoms with Crippen LogP contribution in [0, 0.1) is 6.92 Å². The van der Waals surface area contributed by atoms with Gasteiger partial charge in [-0.05, 0) is 50.6 Å². The molecule has 1 aromatic heterocycles. The third-order valence-corrected chi connectivity index (χ3v) is 3.89. The smallest absolute Gasteiger partial charge is 0.318 e.